The Morgan fingerprint density at radius 2 is 1.84 bits per heavy atom. The SMILES string of the molecule is O=C(NC1CCC(Oc2ncc(F)cn2)CC1)c1c(F)cccc1Cl. The largest absolute Gasteiger partial charge is 0.460 e. The Labute approximate surface area is 148 Å². The minimum Gasteiger partial charge on any atom is -0.460 e. The number of hydrogen-bond donors (Lipinski definition) is 1. The summed E-state index contributed by atoms with van der Waals surface area (Å²) in [6.45, 7) is 0. The number of nitrogens with one attached hydrogen (secondary N) is 1. The first kappa shape index (κ1) is 17.5. The standard InChI is InChI=1S/C17H16ClF2N3O2/c18-13-2-1-3-14(20)15(13)16(24)23-11-4-6-12(7-5-11)25-17-21-8-10(19)9-22-17/h1-3,8-9,11-12H,4-7H2,(H,23,24). The minimum atomic E-state index is -0.643. The van der Waals surface area contributed by atoms with Crippen LogP contribution in [0.15, 0.2) is 30.6 Å². The molecule has 0 unspecified atom stereocenters. The van der Waals surface area contributed by atoms with Gasteiger partial charge in [0.25, 0.3) is 5.91 Å². The molecular weight excluding hydrogens is 352 g/mol. The van der Waals surface area contributed by atoms with Gasteiger partial charge in [-0.1, -0.05) is 17.7 Å². The van der Waals surface area contributed by atoms with E-state index in [9.17, 15) is 13.6 Å². The van der Waals surface area contributed by atoms with Crippen LogP contribution in [0.1, 0.15) is 36.0 Å². The van der Waals surface area contributed by atoms with Gasteiger partial charge in [-0.2, -0.15) is 0 Å². The van der Waals surface area contributed by atoms with Gasteiger partial charge in [-0.25, -0.2) is 18.7 Å². The molecule has 1 heterocycles. The molecule has 5 nitrogen and oxygen atoms in total. The van der Waals surface area contributed by atoms with Crippen LogP contribution in [0.2, 0.25) is 5.02 Å². The van der Waals surface area contributed by atoms with Crippen molar-refractivity contribution in [2.45, 2.75) is 37.8 Å². The number of nitrogens with zero attached hydrogens (tertiary/aromatic N) is 2. The maximum absolute atomic E-state index is 13.8. The maximum Gasteiger partial charge on any atom is 0.316 e. The molecule has 0 radical (unpaired) electrons. The zero-order valence-corrected chi connectivity index (χ0v) is 14.0. The van der Waals surface area contributed by atoms with Gasteiger partial charge < -0.3 is 10.1 Å². The Bertz CT molecular complexity index is 730. The highest BCUT2D eigenvalue weighted by Gasteiger charge is 2.26. The van der Waals surface area contributed by atoms with Gasteiger partial charge in [0.1, 0.15) is 11.9 Å². The van der Waals surface area contributed by atoms with E-state index in [-0.39, 0.29) is 28.7 Å². The summed E-state index contributed by atoms with van der Waals surface area (Å²) in [5.41, 5.74) is -0.137. The van der Waals surface area contributed by atoms with Crippen molar-refractivity contribution in [3.8, 4) is 6.01 Å². The molecule has 1 saturated carbocycles. The smallest absolute Gasteiger partial charge is 0.316 e. The average molecular weight is 368 g/mol. The highest BCUT2D eigenvalue weighted by atomic mass is 35.5. The average Bonchev–Trinajstić information content (AvgIpc) is 2.58. The van der Waals surface area contributed by atoms with Crippen LogP contribution in [0.25, 0.3) is 0 Å². The van der Waals surface area contributed by atoms with E-state index in [4.69, 9.17) is 16.3 Å². The molecule has 1 fully saturated rings. The molecule has 132 valence electrons. The molecule has 0 aliphatic heterocycles. The normalized spacial score (nSPS) is 20.1. The predicted octanol–water partition coefficient (Wildman–Crippen LogP) is 3.53. The third-order valence-electron chi connectivity index (χ3n) is 4.07. The first-order chi connectivity index (χ1) is 12.0. The number of ether oxygens (including phenoxy) is 1. The molecule has 1 N–H and O–H groups in total. The van der Waals surface area contributed by atoms with Crippen molar-refractivity contribution in [1.29, 1.82) is 0 Å². The molecule has 1 aromatic heterocycles. The highest BCUT2D eigenvalue weighted by Crippen LogP contribution is 2.24. The molecule has 0 saturated heterocycles. The fraction of sp³-hybridized carbons (Fsp3) is 0.353. The van der Waals surface area contributed by atoms with Crippen molar-refractivity contribution in [1.82, 2.24) is 15.3 Å². The van der Waals surface area contributed by atoms with Crippen LogP contribution in [0, 0.1) is 11.6 Å². The van der Waals surface area contributed by atoms with Crippen molar-refractivity contribution in [2.24, 2.45) is 0 Å². The quantitative estimate of drug-likeness (QED) is 0.897. The third-order valence-corrected chi connectivity index (χ3v) is 4.38. The second kappa shape index (κ2) is 7.74. The van der Waals surface area contributed by atoms with Gasteiger partial charge in [0.2, 0.25) is 0 Å². The van der Waals surface area contributed by atoms with Gasteiger partial charge in [-0.3, -0.25) is 4.79 Å². The summed E-state index contributed by atoms with van der Waals surface area (Å²) < 4.78 is 32.2. The second-order valence-corrected chi connectivity index (χ2v) is 6.25. The number of rotatable bonds is 4. The summed E-state index contributed by atoms with van der Waals surface area (Å²) in [7, 11) is 0. The Hall–Kier alpha value is -2.28. The van der Waals surface area contributed by atoms with Crippen molar-refractivity contribution >= 4 is 17.5 Å². The predicted molar refractivity (Wildman–Crippen MR) is 87.5 cm³/mol. The molecule has 3 rings (SSSR count). The molecule has 1 aliphatic carbocycles. The van der Waals surface area contributed by atoms with E-state index in [1.54, 1.807) is 0 Å². The number of carbonyl (C=O) groups excluding carboxylic acids is 1. The maximum atomic E-state index is 13.8. The first-order valence-electron chi connectivity index (χ1n) is 7.92. The van der Waals surface area contributed by atoms with Gasteiger partial charge in [0.05, 0.1) is 23.0 Å². The zero-order valence-electron chi connectivity index (χ0n) is 13.2. The number of hydrogen-bond acceptors (Lipinski definition) is 4. The summed E-state index contributed by atoms with van der Waals surface area (Å²) in [6, 6.07) is 4.18. The fourth-order valence-electron chi connectivity index (χ4n) is 2.81. The van der Waals surface area contributed by atoms with Crippen LogP contribution in [0.3, 0.4) is 0 Å². The van der Waals surface area contributed by atoms with Gasteiger partial charge in [0.15, 0.2) is 5.82 Å². The topological polar surface area (TPSA) is 64.1 Å². The van der Waals surface area contributed by atoms with Gasteiger partial charge in [0, 0.05) is 6.04 Å². The van der Waals surface area contributed by atoms with Crippen LogP contribution in [-0.4, -0.2) is 28.0 Å². The van der Waals surface area contributed by atoms with Crippen molar-refractivity contribution in [3.05, 3.63) is 52.8 Å². The van der Waals surface area contributed by atoms with Gasteiger partial charge in [-0.05, 0) is 37.8 Å². The minimum absolute atomic E-state index is 0.0860. The van der Waals surface area contributed by atoms with Crippen LogP contribution < -0.4 is 10.1 Å². The van der Waals surface area contributed by atoms with Gasteiger partial charge in [-0.15, -0.1) is 0 Å². The van der Waals surface area contributed by atoms with Crippen molar-refractivity contribution in [3.63, 3.8) is 0 Å². The van der Waals surface area contributed by atoms with E-state index in [0.717, 1.165) is 12.4 Å². The summed E-state index contributed by atoms with van der Waals surface area (Å²) >= 11 is 5.91. The van der Waals surface area contributed by atoms with Crippen molar-refractivity contribution in [2.75, 3.05) is 0 Å². The van der Waals surface area contributed by atoms with E-state index in [0.29, 0.717) is 25.7 Å². The molecule has 2 aromatic rings. The first-order valence-corrected chi connectivity index (χ1v) is 8.30. The van der Waals surface area contributed by atoms with Crippen LogP contribution in [0.5, 0.6) is 6.01 Å². The van der Waals surface area contributed by atoms with E-state index in [1.807, 2.05) is 0 Å². The third kappa shape index (κ3) is 4.42. The lowest BCUT2D eigenvalue weighted by Gasteiger charge is -2.29. The molecule has 25 heavy (non-hydrogen) atoms. The molecule has 1 amide bonds. The van der Waals surface area contributed by atoms with Crippen molar-refractivity contribution < 1.29 is 18.3 Å². The Kier molecular flexibility index (Phi) is 5.43. The molecule has 8 heteroatoms. The Morgan fingerprint density at radius 1 is 1.16 bits per heavy atom. The second-order valence-electron chi connectivity index (χ2n) is 5.85. The number of aromatic nitrogens is 2. The number of amides is 1. The highest BCUT2D eigenvalue weighted by molar-refractivity contribution is 6.33. The number of benzene rings is 1. The Balaban J connectivity index is 1.52. The summed E-state index contributed by atoms with van der Waals surface area (Å²) in [6.07, 6.45) is 4.69. The number of carbonyl (C=O) groups is 1. The molecule has 0 atom stereocenters. The lowest BCUT2D eigenvalue weighted by molar-refractivity contribution is 0.0881. The molecular formula is C17H16ClF2N3O2. The number of halogens is 3. The summed E-state index contributed by atoms with van der Waals surface area (Å²) in [5.74, 6) is -1.68. The van der Waals surface area contributed by atoms with E-state index < -0.39 is 17.5 Å². The van der Waals surface area contributed by atoms with E-state index >= 15 is 0 Å². The monoisotopic (exact) mass is 367 g/mol. The molecule has 1 aliphatic rings. The molecule has 0 spiro atoms. The molecule has 0 bridgehead atoms. The van der Waals surface area contributed by atoms with Gasteiger partial charge >= 0.3 is 6.01 Å². The van der Waals surface area contributed by atoms with Crippen LogP contribution in [-0.2, 0) is 0 Å². The lowest BCUT2D eigenvalue weighted by Crippen LogP contribution is -2.40. The van der Waals surface area contributed by atoms with E-state index in [2.05, 4.69) is 15.3 Å². The van der Waals surface area contributed by atoms with Crippen LogP contribution >= 0.6 is 11.6 Å². The summed E-state index contributed by atoms with van der Waals surface area (Å²) in [4.78, 5) is 19.8. The fourth-order valence-corrected chi connectivity index (χ4v) is 3.06. The Morgan fingerprint density at radius 3 is 2.48 bits per heavy atom. The van der Waals surface area contributed by atoms with E-state index in [1.165, 1.54) is 18.2 Å². The summed E-state index contributed by atoms with van der Waals surface area (Å²) in [5, 5.41) is 2.90. The molecule has 1 aromatic carbocycles. The van der Waals surface area contributed by atoms with Crippen LogP contribution in [0.4, 0.5) is 8.78 Å². The zero-order chi connectivity index (χ0) is 17.8. The lowest BCUT2D eigenvalue weighted by atomic mass is 9.92.